The molecule has 1 aromatic heterocycles. The smallest absolute Gasteiger partial charge is 0.338 e. The number of carbonyl (C=O) groups is 1. The minimum atomic E-state index is -1.07. The Kier molecular flexibility index (Phi) is 7.02. The fourth-order valence-electron chi connectivity index (χ4n) is 4.06. The number of thiazole rings is 1. The van der Waals surface area contributed by atoms with Crippen molar-refractivity contribution in [2.24, 2.45) is 4.99 Å². The van der Waals surface area contributed by atoms with Crippen molar-refractivity contribution in [3.63, 3.8) is 0 Å². The lowest BCUT2D eigenvalue weighted by molar-refractivity contribution is -0.385. The van der Waals surface area contributed by atoms with Crippen LogP contribution in [0.15, 0.2) is 63.5 Å². The summed E-state index contributed by atoms with van der Waals surface area (Å²) in [5.74, 6) is 0.357. The largest absolute Gasteiger partial charge is 0.493 e. The molecule has 0 saturated carbocycles. The zero-order chi connectivity index (χ0) is 26.0. The molecule has 0 amide bonds. The molecule has 0 fully saturated rings. The molecule has 0 radical (unpaired) electrons. The van der Waals surface area contributed by atoms with E-state index in [1.54, 1.807) is 44.2 Å². The van der Waals surface area contributed by atoms with E-state index in [1.165, 1.54) is 37.0 Å². The van der Waals surface area contributed by atoms with Crippen molar-refractivity contribution < 1.29 is 23.9 Å². The zero-order valence-corrected chi connectivity index (χ0v) is 20.8. The van der Waals surface area contributed by atoms with Gasteiger partial charge in [0.05, 0.1) is 47.1 Å². The molecule has 11 heteroatoms. The lowest BCUT2D eigenvalue weighted by Crippen LogP contribution is -2.40. The average Bonchev–Trinajstić information content (AvgIpc) is 3.17. The molecular weight excluding hydrogens is 486 g/mol. The van der Waals surface area contributed by atoms with E-state index < -0.39 is 22.5 Å². The van der Waals surface area contributed by atoms with E-state index in [9.17, 15) is 19.7 Å². The number of fused-ring (bicyclic) bond motifs is 1. The summed E-state index contributed by atoms with van der Waals surface area (Å²) in [6.07, 6.45) is 1.67. The second-order valence-electron chi connectivity index (χ2n) is 7.73. The number of nitro groups is 1. The number of ether oxygens (including phenoxy) is 3. The third-order valence-corrected chi connectivity index (χ3v) is 6.63. The Morgan fingerprint density at radius 1 is 1.19 bits per heavy atom. The molecule has 0 N–H and O–H groups in total. The zero-order valence-electron chi connectivity index (χ0n) is 20.0. The first-order chi connectivity index (χ1) is 17.3. The van der Waals surface area contributed by atoms with Crippen LogP contribution >= 0.6 is 11.3 Å². The predicted molar refractivity (Wildman–Crippen MR) is 133 cm³/mol. The number of carbonyl (C=O) groups excluding carboxylic acids is 1. The fraction of sp³-hybridized carbons (Fsp3) is 0.240. The van der Waals surface area contributed by atoms with Crippen molar-refractivity contribution in [2.45, 2.75) is 19.9 Å². The Hall–Kier alpha value is -4.25. The number of benzene rings is 2. The highest BCUT2D eigenvalue weighted by Crippen LogP contribution is 2.35. The maximum atomic E-state index is 13.7. The number of hydrogen-bond acceptors (Lipinski definition) is 9. The number of allylic oxidation sites excluding steroid dienone is 1. The van der Waals surface area contributed by atoms with Crippen LogP contribution in [0.25, 0.3) is 6.08 Å². The Morgan fingerprint density at radius 2 is 1.92 bits per heavy atom. The van der Waals surface area contributed by atoms with E-state index in [0.29, 0.717) is 32.1 Å². The van der Waals surface area contributed by atoms with Gasteiger partial charge in [-0.1, -0.05) is 29.5 Å². The van der Waals surface area contributed by atoms with Gasteiger partial charge in [0.2, 0.25) is 0 Å². The van der Waals surface area contributed by atoms with Crippen molar-refractivity contribution in [1.82, 2.24) is 4.57 Å². The molecule has 1 aliphatic rings. The van der Waals surface area contributed by atoms with E-state index in [-0.39, 0.29) is 23.4 Å². The maximum absolute atomic E-state index is 13.7. The summed E-state index contributed by atoms with van der Waals surface area (Å²) >= 11 is 1.12. The number of esters is 1. The summed E-state index contributed by atoms with van der Waals surface area (Å²) in [4.78, 5) is 42.8. The molecule has 0 saturated heterocycles. The number of nitrogens with zero attached hydrogens (tertiary/aromatic N) is 3. The molecule has 0 aliphatic carbocycles. The van der Waals surface area contributed by atoms with Crippen LogP contribution in [0.4, 0.5) is 5.69 Å². The standard InChI is InChI=1S/C25H23N3O7S/c1-5-35-24(30)21-14(2)26-25-27(22(21)16-8-6-7-9-17(16)28(31)32)23(29)20(36-25)13-15-10-11-18(33-3)19(12-15)34-4/h6-13,22H,5H2,1-4H3. The topological polar surface area (TPSA) is 122 Å². The summed E-state index contributed by atoms with van der Waals surface area (Å²) in [6.45, 7) is 3.38. The van der Waals surface area contributed by atoms with Crippen LogP contribution in [-0.4, -0.2) is 36.3 Å². The molecule has 1 atom stereocenters. The van der Waals surface area contributed by atoms with Crippen LogP contribution in [0.2, 0.25) is 0 Å². The fourth-order valence-corrected chi connectivity index (χ4v) is 5.11. The Labute approximate surface area is 209 Å². The average molecular weight is 510 g/mol. The van der Waals surface area contributed by atoms with Gasteiger partial charge in [0.15, 0.2) is 16.3 Å². The van der Waals surface area contributed by atoms with Crippen LogP contribution in [0, 0.1) is 10.1 Å². The van der Waals surface area contributed by atoms with E-state index in [0.717, 1.165) is 11.3 Å². The molecule has 10 nitrogen and oxygen atoms in total. The van der Waals surface area contributed by atoms with E-state index >= 15 is 0 Å². The lowest BCUT2D eigenvalue weighted by Gasteiger charge is -2.24. The van der Waals surface area contributed by atoms with Crippen molar-refractivity contribution in [1.29, 1.82) is 0 Å². The van der Waals surface area contributed by atoms with Gasteiger partial charge in [0.25, 0.3) is 11.2 Å². The van der Waals surface area contributed by atoms with Crippen LogP contribution in [0.3, 0.4) is 0 Å². The molecule has 2 aromatic carbocycles. The molecule has 186 valence electrons. The molecule has 0 bridgehead atoms. The second-order valence-corrected chi connectivity index (χ2v) is 8.74. The number of aromatic nitrogens is 1. The number of nitro benzene ring substituents is 1. The van der Waals surface area contributed by atoms with Crippen molar-refractivity contribution in [2.75, 3.05) is 20.8 Å². The summed E-state index contributed by atoms with van der Waals surface area (Å²) in [5, 5.41) is 11.8. The quantitative estimate of drug-likeness (QED) is 0.273. The monoisotopic (exact) mass is 509 g/mol. The molecule has 3 aromatic rings. The van der Waals surface area contributed by atoms with Gasteiger partial charge >= 0.3 is 5.97 Å². The normalized spacial score (nSPS) is 15.2. The minimum Gasteiger partial charge on any atom is -0.493 e. The van der Waals surface area contributed by atoms with E-state index in [1.807, 2.05) is 0 Å². The Bertz CT molecular complexity index is 1570. The lowest BCUT2D eigenvalue weighted by atomic mass is 9.94. The summed E-state index contributed by atoms with van der Waals surface area (Å²) in [6, 6.07) is 10.2. The Morgan fingerprint density at radius 3 is 2.58 bits per heavy atom. The van der Waals surface area contributed by atoms with Crippen LogP contribution in [-0.2, 0) is 9.53 Å². The van der Waals surface area contributed by atoms with Crippen LogP contribution in [0.1, 0.15) is 31.0 Å². The van der Waals surface area contributed by atoms with Crippen molar-refractivity contribution in [3.05, 3.63) is 94.7 Å². The number of methoxy groups -OCH3 is 2. The maximum Gasteiger partial charge on any atom is 0.338 e. The SMILES string of the molecule is CCOC(=O)C1=C(C)N=c2sc(=Cc3ccc(OC)c(OC)c3)c(=O)n2C1c1ccccc1[N+](=O)[O-]. The van der Waals surface area contributed by atoms with E-state index in [4.69, 9.17) is 14.2 Å². The molecule has 1 aliphatic heterocycles. The third-order valence-electron chi connectivity index (χ3n) is 5.65. The molecule has 0 spiro atoms. The summed E-state index contributed by atoms with van der Waals surface area (Å²) < 4.78 is 17.5. The molecule has 4 rings (SSSR count). The van der Waals surface area contributed by atoms with Crippen molar-refractivity contribution in [3.8, 4) is 11.5 Å². The van der Waals surface area contributed by atoms with Crippen LogP contribution < -0.4 is 24.4 Å². The van der Waals surface area contributed by atoms with E-state index in [2.05, 4.69) is 4.99 Å². The second kappa shape index (κ2) is 10.2. The van der Waals surface area contributed by atoms with Gasteiger partial charge in [-0.3, -0.25) is 19.5 Å². The van der Waals surface area contributed by atoms with Gasteiger partial charge in [-0.2, -0.15) is 0 Å². The first-order valence-electron chi connectivity index (χ1n) is 11.0. The first-order valence-corrected chi connectivity index (χ1v) is 11.8. The minimum absolute atomic E-state index is 0.0798. The summed E-state index contributed by atoms with van der Waals surface area (Å²) in [5.41, 5.74) is 0.631. The molecule has 36 heavy (non-hydrogen) atoms. The molecule has 2 heterocycles. The van der Waals surface area contributed by atoms with Gasteiger partial charge in [-0.25, -0.2) is 9.79 Å². The first kappa shape index (κ1) is 24.9. The van der Waals surface area contributed by atoms with Gasteiger partial charge < -0.3 is 14.2 Å². The van der Waals surface area contributed by atoms with Gasteiger partial charge in [-0.15, -0.1) is 0 Å². The highest BCUT2D eigenvalue weighted by atomic mass is 32.1. The predicted octanol–water partition coefficient (Wildman–Crippen LogP) is 2.72. The summed E-state index contributed by atoms with van der Waals surface area (Å²) in [7, 11) is 3.05. The number of para-hydroxylation sites is 1. The van der Waals surface area contributed by atoms with Gasteiger partial charge in [0.1, 0.15) is 6.04 Å². The number of hydrogen-bond donors (Lipinski definition) is 0. The number of rotatable bonds is 7. The van der Waals surface area contributed by atoms with Crippen molar-refractivity contribution >= 4 is 29.1 Å². The molecule has 1 unspecified atom stereocenters. The highest BCUT2D eigenvalue weighted by molar-refractivity contribution is 7.07. The highest BCUT2D eigenvalue weighted by Gasteiger charge is 2.36. The van der Waals surface area contributed by atoms with Gasteiger partial charge in [0, 0.05) is 6.07 Å². The Balaban J connectivity index is 1.98. The van der Waals surface area contributed by atoms with Crippen LogP contribution in [0.5, 0.6) is 11.5 Å². The molecular formula is C25H23N3O7S. The third kappa shape index (κ3) is 4.40. The van der Waals surface area contributed by atoms with Gasteiger partial charge in [-0.05, 0) is 43.7 Å².